The van der Waals surface area contributed by atoms with Gasteiger partial charge in [0.25, 0.3) is 0 Å². The van der Waals surface area contributed by atoms with E-state index in [4.69, 9.17) is 4.42 Å². The molecule has 3 heteroatoms. The fourth-order valence-corrected chi connectivity index (χ4v) is 1.09. The van der Waals surface area contributed by atoms with Crippen LogP contribution in [0.3, 0.4) is 0 Å². The lowest BCUT2D eigenvalue weighted by Crippen LogP contribution is -1.78. The van der Waals surface area contributed by atoms with Gasteiger partial charge in [0, 0.05) is 6.20 Å². The molecule has 0 unspecified atom stereocenters. The third kappa shape index (κ3) is 2.07. The molecule has 0 aliphatic heterocycles. The van der Waals surface area contributed by atoms with Gasteiger partial charge in [0.2, 0.25) is 0 Å². The Labute approximate surface area is 82.1 Å². The molecule has 0 atom stereocenters. The molecule has 0 aliphatic carbocycles. The van der Waals surface area contributed by atoms with E-state index in [-0.39, 0.29) is 0 Å². The van der Waals surface area contributed by atoms with E-state index in [0.717, 1.165) is 11.3 Å². The maximum Gasteiger partial charge on any atom is 0.152 e. The van der Waals surface area contributed by atoms with Gasteiger partial charge < -0.3 is 4.42 Å². The predicted molar refractivity (Wildman–Crippen MR) is 54.9 cm³/mol. The van der Waals surface area contributed by atoms with Gasteiger partial charge in [-0.3, -0.25) is 0 Å². The quantitative estimate of drug-likeness (QED) is 0.676. The average Bonchev–Trinajstić information content (AvgIpc) is 2.67. The van der Waals surface area contributed by atoms with Gasteiger partial charge in [0.15, 0.2) is 5.82 Å². The molecule has 0 spiro atoms. The van der Waals surface area contributed by atoms with Crippen LogP contribution >= 0.6 is 0 Å². The van der Waals surface area contributed by atoms with E-state index in [1.165, 1.54) is 0 Å². The van der Waals surface area contributed by atoms with Gasteiger partial charge in [0.1, 0.15) is 5.76 Å². The van der Waals surface area contributed by atoms with E-state index >= 15 is 0 Å². The molecule has 2 heterocycles. The van der Waals surface area contributed by atoms with Crippen LogP contribution in [-0.2, 0) is 0 Å². The summed E-state index contributed by atoms with van der Waals surface area (Å²) in [6, 6.07) is 7.52. The zero-order valence-corrected chi connectivity index (χ0v) is 7.84. The lowest BCUT2D eigenvalue weighted by atomic mass is 10.3. The smallest absolute Gasteiger partial charge is 0.152 e. The Morgan fingerprint density at radius 3 is 3.07 bits per heavy atom. The summed E-state index contributed by atoms with van der Waals surface area (Å²) in [6.07, 6.45) is 5.01. The summed E-state index contributed by atoms with van der Waals surface area (Å²) in [5.41, 5.74) is 1.14. The number of aromatic nitrogens is 1. The average molecular weight is 186 g/mol. The number of hydrogen-bond donors (Lipinski definition) is 0. The highest BCUT2D eigenvalue weighted by Crippen LogP contribution is 2.09. The highest BCUT2D eigenvalue weighted by atomic mass is 16.3. The summed E-state index contributed by atoms with van der Waals surface area (Å²) >= 11 is 0. The normalized spacial score (nSPS) is 10.9. The molecule has 0 N–H and O–H groups in total. The highest BCUT2D eigenvalue weighted by Gasteiger charge is 1.91. The Hall–Kier alpha value is -1.90. The number of nitrogens with zero attached hydrogens (tertiary/aromatic N) is 2. The maximum atomic E-state index is 5.11. The van der Waals surface area contributed by atoms with Crippen LogP contribution in [0.25, 0.3) is 0 Å². The van der Waals surface area contributed by atoms with Crippen molar-refractivity contribution in [2.24, 2.45) is 4.99 Å². The topological polar surface area (TPSA) is 38.4 Å². The van der Waals surface area contributed by atoms with E-state index in [9.17, 15) is 0 Å². The molecular weight excluding hydrogens is 176 g/mol. The molecule has 0 saturated heterocycles. The predicted octanol–water partition coefficient (Wildman–Crippen LogP) is 2.73. The third-order valence-electron chi connectivity index (χ3n) is 1.77. The number of furan rings is 1. The number of rotatable bonds is 2. The van der Waals surface area contributed by atoms with Crippen molar-refractivity contribution in [1.82, 2.24) is 4.98 Å². The second-order valence-corrected chi connectivity index (χ2v) is 2.97. The van der Waals surface area contributed by atoms with Crippen molar-refractivity contribution in [1.29, 1.82) is 0 Å². The number of pyridine rings is 1. The minimum Gasteiger partial charge on any atom is -0.463 e. The minimum absolute atomic E-state index is 0.696. The third-order valence-corrected chi connectivity index (χ3v) is 1.77. The van der Waals surface area contributed by atoms with E-state index in [1.54, 1.807) is 18.7 Å². The second kappa shape index (κ2) is 3.87. The minimum atomic E-state index is 0.696. The van der Waals surface area contributed by atoms with Gasteiger partial charge in [-0.25, -0.2) is 9.98 Å². The van der Waals surface area contributed by atoms with Gasteiger partial charge in [-0.2, -0.15) is 0 Å². The molecule has 2 aromatic rings. The van der Waals surface area contributed by atoms with Gasteiger partial charge in [-0.15, -0.1) is 0 Å². The second-order valence-electron chi connectivity index (χ2n) is 2.97. The molecule has 0 aliphatic rings. The van der Waals surface area contributed by atoms with Gasteiger partial charge >= 0.3 is 0 Å². The molecule has 14 heavy (non-hydrogen) atoms. The number of aryl methyl sites for hydroxylation is 1. The Balaban J connectivity index is 2.18. The van der Waals surface area contributed by atoms with Crippen LogP contribution in [0.2, 0.25) is 0 Å². The molecule has 0 fully saturated rings. The summed E-state index contributed by atoms with van der Waals surface area (Å²) in [7, 11) is 0. The van der Waals surface area contributed by atoms with Crippen molar-refractivity contribution >= 4 is 12.0 Å². The monoisotopic (exact) mass is 186 g/mol. The van der Waals surface area contributed by atoms with Crippen molar-refractivity contribution in [2.45, 2.75) is 6.92 Å². The van der Waals surface area contributed by atoms with Crippen molar-refractivity contribution in [3.63, 3.8) is 0 Å². The first kappa shape index (κ1) is 8.69. The molecule has 0 bridgehead atoms. The van der Waals surface area contributed by atoms with Crippen LogP contribution in [0.15, 0.2) is 46.1 Å². The first-order valence-corrected chi connectivity index (χ1v) is 4.35. The molecule has 3 nitrogen and oxygen atoms in total. The van der Waals surface area contributed by atoms with Crippen LogP contribution in [0, 0.1) is 6.92 Å². The Morgan fingerprint density at radius 1 is 1.43 bits per heavy atom. The number of hydrogen-bond acceptors (Lipinski definition) is 3. The highest BCUT2D eigenvalue weighted by molar-refractivity contribution is 5.77. The molecule has 0 saturated carbocycles. The Morgan fingerprint density at radius 2 is 2.36 bits per heavy atom. The standard InChI is InChI=1S/C11H10N2O/c1-9-4-5-12-11(7-9)13-8-10-3-2-6-14-10/h2-8H,1H3. The molecule has 2 rings (SSSR count). The van der Waals surface area contributed by atoms with Crippen molar-refractivity contribution in [3.05, 3.63) is 48.0 Å². The largest absolute Gasteiger partial charge is 0.463 e. The molecule has 0 radical (unpaired) electrons. The molecule has 0 amide bonds. The summed E-state index contributed by atoms with van der Waals surface area (Å²) < 4.78 is 5.11. The van der Waals surface area contributed by atoms with Gasteiger partial charge in [-0.1, -0.05) is 0 Å². The van der Waals surface area contributed by atoms with E-state index in [0.29, 0.717) is 5.82 Å². The van der Waals surface area contributed by atoms with Crippen LogP contribution < -0.4 is 0 Å². The van der Waals surface area contributed by atoms with Gasteiger partial charge in [0.05, 0.1) is 12.5 Å². The first-order chi connectivity index (χ1) is 6.84. The van der Waals surface area contributed by atoms with Gasteiger partial charge in [-0.05, 0) is 36.8 Å². The van der Waals surface area contributed by atoms with Crippen molar-refractivity contribution < 1.29 is 4.42 Å². The number of aliphatic imine (C=N–C) groups is 1. The first-order valence-electron chi connectivity index (χ1n) is 4.35. The van der Waals surface area contributed by atoms with E-state index in [1.807, 2.05) is 31.2 Å². The fourth-order valence-electron chi connectivity index (χ4n) is 1.09. The SMILES string of the molecule is Cc1ccnc(N=Cc2ccco2)c1. The van der Waals surface area contributed by atoms with E-state index in [2.05, 4.69) is 9.98 Å². The Bertz CT molecular complexity index is 432. The van der Waals surface area contributed by atoms with Crippen molar-refractivity contribution in [2.75, 3.05) is 0 Å². The molecular formula is C11H10N2O. The summed E-state index contributed by atoms with van der Waals surface area (Å²) in [4.78, 5) is 8.28. The zero-order chi connectivity index (χ0) is 9.80. The molecule has 70 valence electrons. The van der Waals surface area contributed by atoms with E-state index < -0.39 is 0 Å². The van der Waals surface area contributed by atoms with Crippen LogP contribution in [0.5, 0.6) is 0 Å². The van der Waals surface area contributed by atoms with Crippen LogP contribution in [0.1, 0.15) is 11.3 Å². The molecule has 2 aromatic heterocycles. The zero-order valence-electron chi connectivity index (χ0n) is 7.84. The van der Waals surface area contributed by atoms with Crippen LogP contribution in [0.4, 0.5) is 5.82 Å². The summed E-state index contributed by atoms with van der Waals surface area (Å²) in [5, 5.41) is 0. The van der Waals surface area contributed by atoms with Crippen molar-refractivity contribution in [3.8, 4) is 0 Å². The maximum absolute atomic E-state index is 5.11. The summed E-state index contributed by atoms with van der Waals surface area (Å²) in [6.45, 7) is 2.01. The fraction of sp³-hybridized carbons (Fsp3) is 0.0909. The summed E-state index contributed by atoms with van der Waals surface area (Å²) in [5.74, 6) is 1.43. The molecule has 0 aromatic carbocycles. The lowest BCUT2D eigenvalue weighted by molar-refractivity contribution is 0.560. The lowest BCUT2D eigenvalue weighted by Gasteiger charge is -1.92. The van der Waals surface area contributed by atoms with Crippen LogP contribution in [-0.4, -0.2) is 11.2 Å². The Kier molecular flexibility index (Phi) is 2.40.